The fourth-order valence-corrected chi connectivity index (χ4v) is 3.74. The number of carboxylic acids is 1. The quantitative estimate of drug-likeness (QED) is 0.916. The zero-order valence-electron chi connectivity index (χ0n) is 13.9. The van der Waals surface area contributed by atoms with Crippen LogP contribution in [0.25, 0.3) is 0 Å². The zero-order valence-corrected chi connectivity index (χ0v) is 14.7. The van der Waals surface area contributed by atoms with Crippen LogP contribution in [0.15, 0.2) is 40.3 Å². The van der Waals surface area contributed by atoms with Crippen LogP contribution in [-0.2, 0) is 4.79 Å². The van der Waals surface area contributed by atoms with Gasteiger partial charge in [0.25, 0.3) is 0 Å². The second-order valence-corrected chi connectivity index (χ2v) is 7.26. The molecule has 1 aliphatic rings. The normalized spacial score (nSPS) is 15.5. The molecular weight excluding hydrogens is 322 g/mol. The maximum absolute atomic E-state index is 11.0. The molecule has 0 spiro atoms. The van der Waals surface area contributed by atoms with Crippen molar-refractivity contribution in [1.29, 1.82) is 0 Å². The molecule has 5 nitrogen and oxygen atoms in total. The molecule has 1 N–H and O–H groups in total. The lowest BCUT2D eigenvalue weighted by atomic mass is 9.97. The molecular formula is C18H21N3O2S. The van der Waals surface area contributed by atoms with Crippen LogP contribution in [0.1, 0.15) is 24.0 Å². The van der Waals surface area contributed by atoms with Gasteiger partial charge in [0, 0.05) is 18.0 Å². The summed E-state index contributed by atoms with van der Waals surface area (Å²) in [6.07, 6.45) is 1.33. The highest BCUT2D eigenvalue weighted by Crippen LogP contribution is 2.30. The first kappa shape index (κ1) is 16.8. The van der Waals surface area contributed by atoms with Crippen LogP contribution in [0.2, 0.25) is 0 Å². The minimum atomic E-state index is -0.694. The highest BCUT2D eigenvalue weighted by Gasteiger charge is 2.25. The van der Waals surface area contributed by atoms with Crippen molar-refractivity contribution in [3.8, 4) is 0 Å². The van der Waals surface area contributed by atoms with E-state index in [0.29, 0.717) is 12.8 Å². The summed E-state index contributed by atoms with van der Waals surface area (Å²) in [5.74, 6) is -0.0986. The van der Waals surface area contributed by atoms with Crippen molar-refractivity contribution in [2.45, 2.75) is 36.6 Å². The third-order valence-corrected chi connectivity index (χ3v) is 5.44. The molecule has 2 heterocycles. The smallest absolute Gasteiger partial charge is 0.306 e. The molecule has 0 radical (unpaired) electrons. The van der Waals surface area contributed by atoms with Crippen LogP contribution in [0.5, 0.6) is 0 Å². The van der Waals surface area contributed by atoms with E-state index in [1.165, 1.54) is 16.0 Å². The largest absolute Gasteiger partial charge is 0.481 e. The summed E-state index contributed by atoms with van der Waals surface area (Å²) in [6.45, 7) is 5.61. The molecule has 0 bridgehead atoms. The van der Waals surface area contributed by atoms with Crippen molar-refractivity contribution in [3.05, 3.63) is 41.5 Å². The van der Waals surface area contributed by atoms with Crippen LogP contribution in [0, 0.1) is 19.8 Å². The first-order chi connectivity index (χ1) is 11.5. The molecule has 126 valence electrons. The Morgan fingerprint density at radius 3 is 2.54 bits per heavy atom. The molecule has 0 aliphatic carbocycles. The SMILES string of the molecule is Cc1ccc(C)c(Sc2ccc(N3CCC(C(=O)O)CC3)nn2)c1. The van der Waals surface area contributed by atoms with E-state index >= 15 is 0 Å². The second-order valence-electron chi connectivity index (χ2n) is 6.20. The van der Waals surface area contributed by atoms with E-state index in [9.17, 15) is 4.79 Å². The van der Waals surface area contributed by atoms with Gasteiger partial charge in [0.2, 0.25) is 0 Å². The number of piperidine rings is 1. The molecule has 1 aliphatic heterocycles. The standard InChI is InChI=1S/C18H21N3O2S/c1-12-3-4-13(2)15(11-12)24-17-6-5-16(19-20-17)21-9-7-14(8-10-21)18(22)23/h3-6,11,14H,7-10H2,1-2H3,(H,22,23). The Morgan fingerprint density at radius 2 is 1.92 bits per heavy atom. The summed E-state index contributed by atoms with van der Waals surface area (Å²) in [5, 5.41) is 18.6. The van der Waals surface area contributed by atoms with E-state index in [0.717, 1.165) is 23.9 Å². The number of aliphatic carboxylic acids is 1. The van der Waals surface area contributed by atoms with Gasteiger partial charge in [-0.25, -0.2) is 0 Å². The van der Waals surface area contributed by atoms with Crippen LogP contribution in [0.3, 0.4) is 0 Å². The van der Waals surface area contributed by atoms with E-state index < -0.39 is 5.97 Å². The predicted molar refractivity (Wildman–Crippen MR) is 94.6 cm³/mol. The number of benzene rings is 1. The van der Waals surface area contributed by atoms with E-state index in [2.05, 4.69) is 47.1 Å². The lowest BCUT2D eigenvalue weighted by Crippen LogP contribution is -2.36. The molecule has 1 saturated heterocycles. The van der Waals surface area contributed by atoms with Gasteiger partial charge in [-0.3, -0.25) is 4.79 Å². The highest BCUT2D eigenvalue weighted by atomic mass is 32.2. The Bertz CT molecular complexity index is 726. The fraction of sp³-hybridized carbons (Fsp3) is 0.389. The summed E-state index contributed by atoms with van der Waals surface area (Å²) in [6, 6.07) is 10.3. The Labute approximate surface area is 146 Å². The topological polar surface area (TPSA) is 66.3 Å². The average molecular weight is 343 g/mol. The molecule has 1 aromatic carbocycles. The molecule has 24 heavy (non-hydrogen) atoms. The number of anilines is 1. The van der Waals surface area contributed by atoms with E-state index in [1.54, 1.807) is 11.8 Å². The number of carboxylic acid groups (broad SMARTS) is 1. The monoisotopic (exact) mass is 343 g/mol. The van der Waals surface area contributed by atoms with Crippen LogP contribution in [-0.4, -0.2) is 34.4 Å². The highest BCUT2D eigenvalue weighted by molar-refractivity contribution is 7.99. The summed E-state index contributed by atoms with van der Waals surface area (Å²) in [7, 11) is 0. The van der Waals surface area contributed by atoms with Crippen LogP contribution < -0.4 is 4.90 Å². The number of hydrogen-bond donors (Lipinski definition) is 1. The Balaban J connectivity index is 1.66. The van der Waals surface area contributed by atoms with Crippen LogP contribution in [0.4, 0.5) is 5.82 Å². The van der Waals surface area contributed by atoms with Crippen molar-refractivity contribution in [2.75, 3.05) is 18.0 Å². The number of rotatable bonds is 4. The third-order valence-electron chi connectivity index (χ3n) is 4.35. The third kappa shape index (κ3) is 3.87. The van der Waals surface area contributed by atoms with Crippen molar-refractivity contribution in [3.63, 3.8) is 0 Å². The average Bonchev–Trinajstić information content (AvgIpc) is 2.59. The molecule has 1 aromatic heterocycles. The molecule has 0 unspecified atom stereocenters. The molecule has 0 amide bonds. The van der Waals surface area contributed by atoms with Gasteiger partial charge in [-0.1, -0.05) is 23.9 Å². The number of nitrogens with zero attached hydrogens (tertiary/aromatic N) is 3. The number of aryl methyl sites for hydroxylation is 2. The van der Waals surface area contributed by atoms with Crippen molar-refractivity contribution >= 4 is 23.5 Å². The second kappa shape index (κ2) is 7.21. The van der Waals surface area contributed by atoms with Gasteiger partial charge in [-0.05, 0) is 56.0 Å². The summed E-state index contributed by atoms with van der Waals surface area (Å²) in [5.41, 5.74) is 2.46. The summed E-state index contributed by atoms with van der Waals surface area (Å²) < 4.78 is 0. The fourth-order valence-electron chi connectivity index (χ4n) is 2.82. The maximum Gasteiger partial charge on any atom is 0.306 e. The number of carbonyl (C=O) groups is 1. The molecule has 6 heteroatoms. The summed E-state index contributed by atoms with van der Waals surface area (Å²) in [4.78, 5) is 14.3. The Kier molecular flexibility index (Phi) is 5.04. The molecule has 3 rings (SSSR count). The minimum Gasteiger partial charge on any atom is -0.481 e. The lowest BCUT2D eigenvalue weighted by molar-refractivity contribution is -0.142. The number of aromatic nitrogens is 2. The zero-order chi connectivity index (χ0) is 17.1. The van der Waals surface area contributed by atoms with E-state index in [-0.39, 0.29) is 5.92 Å². The lowest BCUT2D eigenvalue weighted by Gasteiger charge is -2.30. The Morgan fingerprint density at radius 1 is 1.17 bits per heavy atom. The number of hydrogen-bond acceptors (Lipinski definition) is 5. The predicted octanol–water partition coefficient (Wildman–Crippen LogP) is 3.55. The minimum absolute atomic E-state index is 0.228. The molecule has 1 fully saturated rings. The van der Waals surface area contributed by atoms with E-state index in [1.807, 2.05) is 12.1 Å². The van der Waals surface area contributed by atoms with Crippen LogP contribution >= 0.6 is 11.8 Å². The molecule has 2 aromatic rings. The maximum atomic E-state index is 11.0. The first-order valence-corrected chi connectivity index (χ1v) is 8.91. The van der Waals surface area contributed by atoms with Crippen molar-refractivity contribution in [2.24, 2.45) is 5.92 Å². The van der Waals surface area contributed by atoms with Gasteiger partial charge in [0.15, 0.2) is 5.82 Å². The van der Waals surface area contributed by atoms with Crippen molar-refractivity contribution in [1.82, 2.24) is 10.2 Å². The first-order valence-electron chi connectivity index (χ1n) is 8.09. The van der Waals surface area contributed by atoms with Crippen molar-refractivity contribution < 1.29 is 9.90 Å². The van der Waals surface area contributed by atoms with Gasteiger partial charge in [0.1, 0.15) is 5.03 Å². The Hall–Kier alpha value is -2.08. The van der Waals surface area contributed by atoms with Gasteiger partial charge in [0.05, 0.1) is 5.92 Å². The molecule has 0 saturated carbocycles. The van der Waals surface area contributed by atoms with Gasteiger partial charge in [-0.2, -0.15) is 0 Å². The van der Waals surface area contributed by atoms with Gasteiger partial charge >= 0.3 is 5.97 Å². The summed E-state index contributed by atoms with van der Waals surface area (Å²) >= 11 is 1.62. The van der Waals surface area contributed by atoms with Gasteiger partial charge < -0.3 is 10.0 Å². The van der Waals surface area contributed by atoms with E-state index in [4.69, 9.17) is 5.11 Å². The van der Waals surface area contributed by atoms with Gasteiger partial charge in [-0.15, -0.1) is 10.2 Å². The molecule has 0 atom stereocenters.